The topological polar surface area (TPSA) is 43.8 Å². The lowest BCUT2D eigenvalue weighted by Crippen LogP contribution is -2.32. The van der Waals surface area contributed by atoms with Crippen molar-refractivity contribution in [3.05, 3.63) is 17.5 Å². The number of hydrogen-bond acceptors (Lipinski definition) is 2. The Morgan fingerprint density at radius 3 is 2.78 bits per heavy atom. The van der Waals surface area contributed by atoms with Crippen LogP contribution in [0.5, 0.6) is 0 Å². The van der Waals surface area contributed by atoms with E-state index in [2.05, 4.69) is 36.6 Å². The first-order valence-corrected chi connectivity index (χ1v) is 7.47. The molecule has 0 radical (unpaired) electrons. The van der Waals surface area contributed by atoms with E-state index in [-0.39, 0.29) is 6.04 Å². The van der Waals surface area contributed by atoms with Crippen molar-refractivity contribution in [3.63, 3.8) is 0 Å². The van der Waals surface area contributed by atoms with Crippen LogP contribution in [0.25, 0.3) is 0 Å². The highest BCUT2D eigenvalue weighted by Crippen LogP contribution is 2.39. The lowest BCUT2D eigenvalue weighted by Gasteiger charge is -2.35. The molecule has 18 heavy (non-hydrogen) atoms. The minimum Gasteiger partial charge on any atom is -0.322 e. The number of nitrogens with zero attached hydrogens (tertiary/aromatic N) is 2. The van der Waals surface area contributed by atoms with Gasteiger partial charge in [-0.2, -0.15) is 5.10 Å². The summed E-state index contributed by atoms with van der Waals surface area (Å²) >= 11 is 0. The molecule has 2 N–H and O–H groups in total. The van der Waals surface area contributed by atoms with Crippen molar-refractivity contribution in [3.8, 4) is 0 Å². The van der Waals surface area contributed by atoms with Gasteiger partial charge in [-0.25, -0.2) is 0 Å². The van der Waals surface area contributed by atoms with Crippen LogP contribution in [-0.2, 0) is 6.54 Å². The molecule has 0 spiro atoms. The second-order valence-electron chi connectivity index (χ2n) is 5.67. The van der Waals surface area contributed by atoms with Gasteiger partial charge in [-0.1, -0.05) is 32.6 Å². The van der Waals surface area contributed by atoms with Gasteiger partial charge in [-0.05, 0) is 38.2 Å². The molecule has 1 aromatic rings. The lowest BCUT2D eigenvalue weighted by molar-refractivity contribution is 0.191. The molecule has 102 valence electrons. The van der Waals surface area contributed by atoms with Gasteiger partial charge >= 0.3 is 0 Å². The van der Waals surface area contributed by atoms with Crippen LogP contribution in [0.4, 0.5) is 0 Å². The van der Waals surface area contributed by atoms with Crippen LogP contribution in [0.1, 0.15) is 63.4 Å². The molecule has 0 saturated heterocycles. The molecule has 0 aromatic carbocycles. The Morgan fingerprint density at radius 1 is 1.39 bits per heavy atom. The highest BCUT2D eigenvalue weighted by atomic mass is 15.3. The van der Waals surface area contributed by atoms with Crippen molar-refractivity contribution in [2.24, 2.45) is 17.6 Å². The fraction of sp³-hybridized carbons (Fsp3) is 0.800. The third-order valence-corrected chi connectivity index (χ3v) is 4.53. The number of aromatic nitrogens is 2. The summed E-state index contributed by atoms with van der Waals surface area (Å²) in [7, 11) is 0. The summed E-state index contributed by atoms with van der Waals surface area (Å²) in [5.74, 6) is 1.44. The predicted octanol–water partition coefficient (Wildman–Crippen LogP) is 3.43. The molecular weight excluding hydrogens is 222 g/mol. The Labute approximate surface area is 111 Å². The normalized spacial score (nSPS) is 26.2. The number of aryl methyl sites for hydroxylation is 2. The van der Waals surface area contributed by atoms with Gasteiger partial charge < -0.3 is 5.73 Å². The second kappa shape index (κ2) is 5.87. The fourth-order valence-corrected chi connectivity index (χ4v) is 3.52. The molecule has 1 aliphatic carbocycles. The van der Waals surface area contributed by atoms with E-state index in [1.54, 1.807) is 0 Å². The second-order valence-corrected chi connectivity index (χ2v) is 5.67. The first-order valence-electron chi connectivity index (χ1n) is 7.47. The molecule has 1 saturated carbocycles. The molecule has 1 aliphatic rings. The summed E-state index contributed by atoms with van der Waals surface area (Å²) < 4.78 is 2.08. The molecular formula is C15H27N3. The summed E-state index contributed by atoms with van der Waals surface area (Å²) in [5.41, 5.74) is 8.89. The molecule has 3 heteroatoms. The van der Waals surface area contributed by atoms with E-state index in [9.17, 15) is 0 Å². The van der Waals surface area contributed by atoms with E-state index in [0.717, 1.165) is 18.2 Å². The largest absolute Gasteiger partial charge is 0.322 e. The summed E-state index contributed by atoms with van der Waals surface area (Å²) in [6.07, 6.45) is 6.63. The van der Waals surface area contributed by atoms with Gasteiger partial charge in [0.1, 0.15) is 0 Å². The van der Waals surface area contributed by atoms with Gasteiger partial charge in [0, 0.05) is 12.6 Å². The van der Waals surface area contributed by atoms with Crippen LogP contribution in [-0.4, -0.2) is 9.78 Å². The maximum Gasteiger partial charge on any atom is 0.0597 e. The van der Waals surface area contributed by atoms with Crippen molar-refractivity contribution in [2.45, 2.75) is 65.5 Å². The zero-order valence-corrected chi connectivity index (χ0v) is 12.0. The Morgan fingerprint density at radius 2 is 2.11 bits per heavy atom. The van der Waals surface area contributed by atoms with Gasteiger partial charge in [0.05, 0.1) is 11.4 Å². The van der Waals surface area contributed by atoms with E-state index < -0.39 is 0 Å². The SMILES string of the molecule is CCC1CCCCC1C(N)c1cc(C)nn1CC. The van der Waals surface area contributed by atoms with Crippen molar-refractivity contribution in [1.82, 2.24) is 9.78 Å². The van der Waals surface area contributed by atoms with Gasteiger partial charge in [-0.15, -0.1) is 0 Å². The van der Waals surface area contributed by atoms with Gasteiger partial charge in [0.15, 0.2) is 0 Å². The molecule has 3 unspecified atom stereocenters. The number of rotatable bonds is 4. The lowest BCUT2D eigenvalue weighted by atomic mass is 9.73. The van der Waals surface area contributed by atoms with Crippen LogP contribution in [0.3, 0.4) is 0 Å². The Balaban J connectivity index is 2.20. The minimum absolute atomic E-state index is 0.163. The Kier molecular flexibility index (Phi) is 4.44. The summed E-state index contributed by atoms with van der Waals surface area (Å²) in [4.78, 5) is 0. The molecule has 1 aromatic heterocycles. The van der Waals surface area contributed by atoms with Gasteiger partial charge in [-0.3, -0.25) is 4.68 Å². The Bertz CT molecular complexity index is 383. The molecule has 1 fully saturated rings. The van der Waals surface area contributed by atoms with Crippen molar-refractivity contribution in [1.29, 1.82) is 0 Å². The highest BCUT2D eigenvalue weighted by Gasteiger charge is 2.31. The van der Waals surface area contributed by atoms with Crippen molar-refractivity contribution < 1.29 is 0 Å². The zero-order valence-electron chi connectivity index (χ0n) is 12.0. The minimum atomic E-state index is 0.163. The number of nitrogens with two attached hydrogens (primary N) is 1. The molecule has 3 nitrogen and oxygen atoms in total. The third-order valence-electron chi connectivity index (χ3n) is 4.53. The standard InChI is InChI=1S/C15H27N3/c1-4-12-8-6-7-9-13(12)15(16)14-10-11(3)17-18(14)5-2/h10,12-13,15H,4-9,16H2,1-3H3. The maximum absolute atomic E-state index is 6.56. The average molecular weight is 249 g/mol. The first kappa shape index (κ1) is 13.6. The third kappa shape index (κ3) is 2.61. The quantitative estimate of drug-likeness (QED) is 0.888. The fourth-order valence-electron chi connectivity index (χ4n) is 3.52. The maximum atomic E-state index is 6.56. The molecule has 2 rings (SSSR count). The summed E-state index contributed by atoms with van der Waals surface area (Å²) in [5, 5.41) is 4.53. The monoisotopic (exact) mass is 249 g/mol. The van der Waals surface area contributed by atoms with Crippen LogP contribution in [0.15, 0.2) is 6.07 Å². The average Bonchev–Trinajstić information content (AvgIpc) is 2.79. The Hall–Kier alpha value is -0.830. The van der Waals surface area contributed by atoms with Crippen LogP contribution >= 0.6 is 0 Å². The van der Waals surface area contributed by atoms with Crippen LogP contribution in [0.2, 0.25) is 0 Å². The smallest absolute Gasteiger partial charge is 0.0597 e. The summed E-state index contributed by atoms with van der Waals surface area (Å²) in [6, 6.07) is 2.34. The van der Waals surface area contributed by atoms with Crippen LogP contribution < -0.4 is 5.73 Å². The van der Waals surface area contributed by atoms with E-state index in [1.807, 2.05) is 0 Å². The molecule has 1 heterocycles. The van der Waals surface area contributed by atoms with Gasteiger partial charge in [0.2, 0.25) is 0 Å². The first-order chi connectivity index (χ1) is 8.67. The molecule has 0 aliphatic heterocycles. The molecule has 3 atom stereocenters. The van der Waals surface area contributed by atoms with Crippen molar-refractivity contribution >= 4 is 0 Å². The predicted molar refractivity (Wildman–Crippen MR) is 75.3 cm³/mol. The van der Waals surface area contributed by atoms with Crippen LogP contribution in [0, 0.1) is 18.8 Å². The molecule has 0 bridgehead atoms. The van der Waals surface area contributed by atoms with E-state index in [4.69, 9.17) is 5.73 Å². The van der Waals surface area contributed by atoms with Gasteiger partial charge in [0.25, 0.3) is 0 Å². The van der Waals surface area contributed by atoms with E-state index >= 15 is 0 Å². The van der Waals surface area contributed by atoms with E-state index in [0.29, 0.717) is 5.92 Å². The molecule has 0 amide bonds. The highest BCUT2D eigenvalue weighted by molar-refractivity contribution is 5.14. The zero-order chi connectivity index (χ0) is 13.1. The summed E-state index contributed by atoms with van der Waals surface area (Å²) in [6.45, 7) is 7.42. The van der Waals surface area contributed by atoms with Crippen molar-refractivity contribution in [2.75, 3.05) is 0 Å². The number of hydrogen-bond donors (Lipinski definition) is 1. The van der Waals surface area contributed by atoms with E-state index in [1.165, 1.54) is 37.8 Å².